The van der Waals surface area contributed by atoms with Crippen molar-refractivity contribution in [3.8, 4) is 0 Å². The molecule has 1 unspecified atom stereocenters. The number of carboxylic acid groups (broad SMARTS) is 1. The maximum absolute atomic E-state index is 11.3. The Morgan fingerprint density at radius 3 is 2.43 bits per heavy atom. The maximum Gasteiger partial charge on any atom is 0.311 e. The molecule has 2 aliphatic rings. The molecule has 0 aromatic carbocycles. The molecule has 0 aliphatic heterocycles. The average Bonchev–Trinajstić information content (AvgIpc) is 2.53. The molecule has 2 nitrogen and oxygen atoms in total. The fourth-order valence-corrected chi connectivity index (χ4v) is 3.44. The summed E-state index contributed by atoms with van der Waals surface area (Å²) in [6, 6.07) is 0. The van der Waals surface area contributed by atoms with Gasteiger partial charge in [0.1, 0.15) is 0 Å². The second-order valence-electron chi connectivity index (χ2n) is 4.85. The lowest BCUT2D eigenvalue weighted by Crippen LogP contribution is -2.37. The molecule has 0 bridgehead atoms. The molecule has 0 amide bonds. The summed E-state index contributed by atoms with van der Waals surface area (Å²) in [6.45, 7) is 3.95. The van der Waals surface area contributed by atoms with Gasteiger partial charge in [0.2, 0.25) is 0 Å². The Balaban J connectivity index is 2.28. The molecule has 2 saturated carbocycles. The third-order valence-electron chi connectivity index (χ3n) is 4.04. The molecule has 0 aromatic heterocycles. The zero-order valence-corrected chi connectivity index (χ0v) is 8.59. The predicted molar refractivity (Wildman–Crippen MR) is 55.0 cm³/mol. The lowest BCUT2D eigenvalue weighted by atomic mass is 9.63. The molecular formula is C12H18O2. The largest absolute Gasteiger partial charge is 0.481 e. The van der Waals surface area contributed by atoms with E-state index in [2.05, 4.69) is 6.58 Å². The van der Waals surface area contributed by atoms with Crippen molar-refractivity contribution in [1.29, 1.82) is 0 Å². The summed E-state index contributed by atoms with van der Waals surface area (Å²) in [7, 11) is 0. The van der Waals surface area contributed by atoms with E-state index in [0.717, 1.165) is 37.7 Å². The number of carbonyl (C=O) groups is 1. The Labute approximate surface area is 85.0 Å². The van der Waals surface area contributed by atoms with Crippen molar-refractivity contribution in [2.24, 2.45) is 11.3 Å². The van der Waals surface area contributed by atoms with Gasteiger partial charge in [-0.3, -0.25) is 4.79 Å². The van der Waals surface area contributed by atoms with E-state index in [1.807, 2.05) is 0 Å². The Hall–Kier alpha value is -0.790. The first-order valence-electron chi connectivity index (χ1n) is 5.56. The summed E-state index contributed by atoms with van der Waals surface area (Å²) in [4.78, 5) is 11.3. The molecule has 0 radical (unpaired) electrons. The molecule has 1 atom stereocenters. The van der Waals surface area contributed by atoms with E-state index in [0.29, 0.717) is 0 Å². The Morgan fingerprint density at radius 1 is 1.29 bits per heavy atom. The van der Waals surface area contributed by atoms with Gasteiger partial charge in [-0.1, -0.05) is 25.0 Å². The standard InChI is InChI=1S/C12H18O2/c1-9-5-4-8-12(6-2-3-7-12)10(9)11(13)14/h10H,1-8H2,(H,13,14). The zero-order chi connectivity index (χ0) is 10.2. The van der Waals surface area contributed by atoms with Gasteiger partial charge in [-0.25, -0.2) is 0 Å². The number of carboxylic acids is 1. The number of hydrogen-bond acceptors (Lipinski definition) is 1. The van der Waals surface area contributed by atoms with Crippen LogP contribution in [0, 0.1) is 11.3 Å². The predicted octanol–water partition coefficient (Wildman–Crippen LogP) is 2.99. The Bertz CT molecular complexity index is 261. The normalized spacial score (nSPS) is 30.9. The first kappa shape index (κ1) is 9.75. The van der Waals surface area contributed by atoms with Gasteiger partial charge < -0.3 is 5.11 Å². The number of aliphatic carboxylic acids is 1. The fraction of sp³-hybridized carbons (Fsp3) is 0.750. The van der Waals surface area contributed by atoms with Gasteiger partial charge in [-0.15, -0.1) is 0 Å². The molecule has 2 fully saturated rings. The first-order chi connectivity index (χ1) is 6.66. The van der Waals surface area contributed by atoms with Crippen LogP contribution in [-0.4, -0.2) is 11.1 Å². The maximum atomic E-state index is 11.3. The summed E-state index contributed by atoms with van der Waals surface area (Å²) in [5, 5.41) is 9.27. The molecule has 2 rings (SSSR count). The lowest BCUT2D eigenvalue weighted by molar-refractivity contribution is -0.145. The van der Waals surface area contributed by atoms with Gasteiger partial charge in [0.25, 0.3) is 0 Å². The van der Waals surface area contributed by atoms with Crippen molar-refractivity contribution in [1.82, 2.24) is 0 Å². The second-order valence-corrected chi connectivity index (χ2v) is 4.85. The van der Waals surface area contributed by atoms with Gasteiger partial charge in [-0.2, -0.15) is 0 Å². The zero-order valence-electron chi connectivity index (χ0n) is 8.59. The van der Waals surface area contributed by atoms with Crippen LogP contribution >= 0.6 is 0 Å². The van der Waals surface area contributed by atoms with Crippen LogP contribution in [0.4, 0.5) is 0 Å². The van der Waals surface area contributed by atoms with Gasteiger partial charge >= 0.3 is 5.97 Å². The van der Waals surface area contributed by atoms with E-state index >= 15 is 0 Å². The van der Waals surface area contributed by atoms with Crippen molar-refractivity contribution < 1.29 is 9.90 Å². The van der Waals surface area contributed by atoms with Crippen molar-refractivity contribution in [3.05, 3.63) is 12.2 Å². The highest BCUT2D eigenvalue weighted by molar-refractivity contribution is 5.75. The highest BCUT2D eigenvalue weighted by Crippen LogP contribution is 2.53. The highest BCUT2D eigenvalue weighted by Gasteiger charge is 2.47. The smallest absolute Gasteiger partial charge is 0.311 e. The minimum absolute atomic E-state index is 0.0845. The fourth-order valence-electron chi connectivity index (χ4n) is 3.44. The van der Waals surface area contributed by atoms with Gasteiger partial charge in [0, 0.05) is 0 Å². The van der Waals surface area contributed by atoms with E-state index < -0.39 is 5.97 Å². The average molecular weight is 194 g/mol. The van der Waals surface area contributed by atoms with E-state index in [1.54, 1.807) is 0 Å². The topological polar surface area (TPSA) is 37.3 Å². The van der Waals surface area contributed by atoms with Crippen molar-refractivity contribution in [2.45, 2.75) is 44.9 Å². The molecule has 2 aliphatic carbocycles. The summed E-state index contributed by atoms with van der Waals surface area (Å²) in [5.41, 5.74) is 1.05. The minimum atomic E-state index is -0.642. The van der Waals surface area contributed by atoms with Crippen LogP contribution in [0.15, 0.2) is 12.2 Å². The molecule has 1 N–H and O–H groups in total. The molecule has 78 valence electrons. The van der Waals surface area contributed by atoms with Crippen molar-refractivity contribution in [2.75, 3.05) is 0 Å². The SMILES string of the molecule is C=C1CCCC2(CCCC2)C1C(=O)O. The molecule has 1 spiro atoms. The molecular weight excluding hydrogens is 176 g/mol. The van der Waals surface area contributed by atoms with E-state index in [-0.39, 0.29) is 11.3 Å². The van der Waals surface area contributed by atoms with Crippen molar-refractivity contribution in [3.63, 3.8) is 0 Å². The van der Waals surface area contributed by atoms with Crippen LogP contribution in [0.3, 0.4) is 0 Å². The third-order valence-corrected chi connectivity index (χ3v) is 4.04. The van der Waals surface area contributed by atoms with E-state index in [9.17, 15) is 9.90 Å². The Morgan fingerprint density at radius 2 is 1.86 bits per heavy atom. The summed E-state index contributed by atoms with van der Waals surface area (Å²) in [6.07, 6.45) is 7.77. The molecule has 2 heteroatoms. The first-order valence-corrected chi connectivity index (χ1v) is 5.56. The summed E-state index contributed by atoms with van der Waals surface area (Å²) >= 11 is 0. The number of rotatable bonds is 1. The van der Waals surface area contributed by atoms with E-state index in [1.165, 1.54) is 12.8 Å². The van der Waals surface area contributed by atoms with Crippen LogP contribution in [0.5, 0.6) is 0 Å². The van der Waals surface area contributed by atoms with Crippen LogP contribution < -0.4 is 0 Å². The summed E-state index contributed by atoms with van der Waals surface area (Å²) in [5.74, 6) is -0.893. The van der Waals surface area contributed by atoms with Crippen molar-refractivity contribution >= 4 is 5.97 Å². The van der Waals surface area contributed by atoms with E-state index in [4.69, 9.17) is 0 Å². The minimum Gasteiger partial charge on any atom is -0.481 e. The number of hydrogen-bond donors (Lipinski definition) is 1. The van der Waals surface area contributed by atoms with Crippen LogP contribution in [0.25, 0.3) is 0 Å². The van der Waals surface area contributed by atoms with Gasteiger partial charge in [0.05, 0.1) is 5.92 Å². The molecule has 0 saturated heterocycles. The second kappa shape index (κ2) is 3.41. The Kier molecular flexibility index (Phi) is 2.38. The third kappa shape index (κ3) is 1.37. The van der Waals surface area contributed by atoms with Crippen LogP contribution in [-0.2, 0) is 4.79 Å². The molecule has 0 aromatic rings. The monoisotopic (exact) mass is 194 g/mol. The summed E-state index contributed by atoms with van der Waals surface area (Å²) < 4.78 is 0. The van der Waals surface area contributed by atoms with Gasteiger partial charge in [0.15, 0.2) is 0 Å². The van der Waals surface area contributed by atoms with Crippen LogP contribution in [0.2, 0.25) is 0 Å². The van der Waals surface area contributed by atoms with Crippen LogP contribution in [0.1, 0.15) is 44.9 Å². The highest BCUT2D eigenvalue weighted by atomic mass is 16.4. The quantitative estimate of drug-likeness (QED) is 0.651. The molecule has 0 heterocycles. The molecule has 14 heavy (non-hydrogen) atoms. The lowest BCUT2D eigenvalue weighted by Gasteiger charge is -2.40. The van der Waals surface area contributed by atoms with Gasteiger partial charge in [-0.05, 0) is 37.5 Å².